The second-order valence-corrected chi connectivity index (χ2v) is 1.65. The van der Waals surface area contributed by atoms with Crippen LogP contribution in [0.25, 0.3) is 0 Å². The molecule has 0 atom stereocenters. The zero-order valence-corrected chi connectivity index (χ0v) is 4.96. The molecule has 1 heterocycles. The molecule has 0 saturated heterocycles. The Morgan fingerprint density at radius 3 is 2.80 bits per heavy atom. The molecule has 0 bridgehead atoms. The summed E-state index contributed by atoms with van der Waals surface area (Å²) in [4.78, 5) is 10.1. The average Bonchev–Trinajstić information content (AvgIpc) is 1.88. The van der Waals surface area contributed by atoms with Crippen LogP contribution in [0.15, 0.2) is 11.6 Å². The molecular weight excluding hydrogens is 143 g/mol. The van der Waals surface area contributed by atoms with E-state index in [1.165, 1.54) is 0 Å². The summed E-state index contributed by atoms with van der Waals surface area (Å²) < 4.78 is 21.1. The van der Waals surface area contributed by atoms with Crippen LogP contribution in [0.1, 0.15) is 0 Å². The van der Waals surface area contributed by atoms with Gasteiger partial charge in [-0.1, -0.05) is 0 Å². The average molecular weight is 148 g/mol. The summed E-state index contributed by atoms with van der Waals surface area (Å²) >= 11 is 0. The number of hydrogen-bond donors (Lipinski definition) is 1. The largest absolute Gasteiger partial charge is 0.475 e. The Kier molecular flexibility index (Phi) is 1.86. The Morgan fingerprint density at radius 2 is 2.40 bits per heavy atom. The molecule has 0 fully saturated rings. The summed E-state index contributed by atoms with van der Waals surface area (Å²) in [6, 6.07) is 0. The lowest BCUT2D eigenvalue weighted by molar-refractivity contribution is -0.142. The molecule has 0 aromatic carbocycles. The van der Waals surface area contributed by atoms with Crippen molar-refractivity contribution < 1.29 is 23.8 Å². The third-order valence-corrected chi connectivity index (χ3v) is 0.956. The zero-order chi connectivity index (χ0) is 7.56. The monoisotopic (exact) mass is 148 g/mol. The van der Waals surface area contributed by atoms with E-state index in [9.17, 15) is 9.18 Å². The first-order chi connectivity index (χ1) is 4.72. The van der Waals surface area contributed by atoms with E-state index in [1.807, 2.05) is 0 Å². The van der Waals surface area contributed by atoms with E-state index in [2.05, 4.69) is 9.47 Å². The molecule has 0 saturated carbocycles. The van der Waals surface area contributed by atoms with Crippen molar-refractivity contribution in [3.8, 4) is 0 Å². The summed E-state index contributed by atoms with van der Waals surface area (Å²) in [5, 5.41) is 8.23. The van der Waals surface area contributed by atoms with E-state index in [-0.39, 0.29) is 13.4 Å². The highest BCUT2D eigenvalue weighted by Crippen LogP contribution is 2.13. The molecule has 0 aliphatic carbocycles. The number of hydrogen-bond acceptors (Lipinski definition) is 3. The quantitative estimate of drug-likeness (QED) is 0.579. The van der Waals surface area contributed by atoms with Gasteiger partial charge in [-0.15, -0.1) is 0 Å². The summed E-state index contributed by atoms with van der Waals surface area (Å²) in [5.74, 6) is -2.93. The molecule has 10 heavy (non-hydrogen) atoms. The second-order valence-electron chi connectivity index (χ2n) is 1.65. The van der Waals surface area contributed by atoms with Crippen molar-refractivity contribution in [2.24, 2.45) is 0 Å². The van der Waals surface area contributed by atoms with Crippen LogP contribution in [0, 0.1) is 0 Å². The molecule has 1 aliphatic rings. The molecule has 1 aliphatic heterocycles. The molecule has 56 valence electrons. The maximum absolute atomic E-state index is 12.3. The number of ether oxygens (including phenoxy) is 2. The molecule has 0 unspecified atom stereocenters. The van der Waals surface area contributed by atoms with Crippen LogP contribution in [0.5, 0.6) is 0 Å². The van der Waals surface area contributed by atoms with Crippen LogP contribution in [-0.4, -0.2) is 24.5 Å². The van der Waals surface area contributed by atoms with Gasteiger partial charge in [-0.05, 0) is 0 Å². The van der Waals surface area contributed by atoms with Gasteiger partial charge in [0.1, 0.15) is 6.61 Å². The van der Waals surface area contributed by atoms with Gasteiger partial charge in [0, 0.05) is 0 Å². The molecular formula is C5H5FO4. The van der Waals surface area contributed by atoms with Crippen LogP contribution in [0.3, 0.4) is 0 Å². The maximum atomic E-state index is 12.3. The third kappa shape index (κ3) is 1.24. The Balaban J connectivity index is 2.78. The lowest BCUT2D eigenvalue weighted by atomic mass is 10.4. The molecule has 5 heteroatoms. The van der Waals surface area contributed by atoms with Crippen molar-refractivity contribution in [1.29, 1.82) is 0 Å². The Labute approximate surface area is 55.9 Å². The molecule has 0 radical (unpaired) electrons. The summed E-state index contributed by atoms with van der Waals surface area (Å²) in [6.45, 7) is -0.517. The van der Waals surface area contributed by atoms with Gasteiger partial charge in [-0.2, -0.15) is 0 Å². The predicted octanol–water partition coefficient (Wildman–Crippen LogP) is 0.256. The number of halogens is 1. The van der Waals surface area contributed by atoms with Crippen LogP contribution in [0.4, 0.5) is 4.39 Å². The molecule has 0 aromatic rings. The molecule has 1 N–H and O–H groups in total. The zero-order valence-electron chi connectivity index (χ0n) is 4.96. The van der Waals surface area contributed by atoms with Crippen molar-refractivity contribution in [3.05, 3.63) is 11.6 Å². The number of carboxylic acid groups (broad SMARTS) is 1. The van der Waals surface area contributed by atoms with Gasteiger partial charge >= 0.3 is 5.97 Å². The van der Waals surface area contributed by atoms with E-state index in [4.69, 9.17) is 5.11 Å². The highest BCUT2D eigenvalue weighted by atomic mass is 19.1. The highest BCUT2D eigenvalue weighted by Gasteiger charge is 2.20. The minimum absolute atomic E-state index is 0.199. The number of carbonyl (C=O) groups is 1. The fourth-order valence-corrected chi connectivity index (χ4v) is 0.553. The fraction of sp³-hybridized carbons (Fsp3) is 0.400. The van der Waals surface area contributed by atoms with Crippen molar-refractivity contribution in [2.75, 3.05) is 13.4 Å². The molecule has 4 nitrogen and oxygen atoms in total. The van der Waals surface area contributed by atoms with E-state index in [0.717, 1.165) is 0 Å². The van der Waals surface area contributed by atoms with Gasteiger partial charge in [-0.25, -0.2) is 9.18 Å². The van der Waals surface area contributed by atoms with E-state index >= 15 is 0 Å². The molecule has 0 aromatic heterocycles. The first-order valence-corrected chi connectivity index (χ1v) is 2.54. The normalized spacial score (nSPS) is 18.5. The summed E-state index contributed by atoms with van der Waals surface area (Å²) in [5.41, 5.74) is 0. The van der Waals surface area contributed by atoms with Gasteiger partial charge in [-0.3, -0.25) is 0 Å². The Hall–Kier alpha value is -1.10. The standard InChI is InChI=1S/C5H5FO4/c6-3-1-9-2-10-4(3)5(7)8/h1-2H2,(H,7,8). The second kappa shape index (κ2) is 2.66. The molecule has 0 spiro atoms. The van der Waals surface area contributed by atoms with Gasteiger partial charge in [0.15, 0.2) is 12.6 Å². The first kappa shape index (κ1) is 7.01. The SMILES string of the molecule is O=C(O)C1=C(F)COCO1. The number of carboxylic acids is 1. The number of rotatable bonds is 1. The fourth-order valence-electron chi connectivity index (χ4n) is 0.553. The van der Waals surface area contributed by atoms with E-state index in [1.54, 1.807) is 0 Å². The van der Waals surface area contributed by atoms with Crippen molar-refractivity contribution >= 4 is 5.97 Å². The van der Waals surface area contributed by atoms with Gasteiger partial charge in [0.2, 0.25) is 5.76 Å². The van der Waals surface area contributed by atoms with Crippen LogP contribution >= 0.6 is 0 Å². The summed E-state index contributed by atoms with van der Waals surface area (Å²) in [7, 11) is 0. The van der Waals surface area contributed by atoms with Crippen LogP contribution in [-0.2, 0) is 14.3 Å². The summed E-state index contributed by atoms with van der Waals surface area (Å²) in [6.07, 6.45) is 0. The Morgan fingerprint density at radius 1 is 1.70 bits per heavy atom. The lowest BCUT2D eigenvalue weighted by Gasteiger charge is -2.12. The van der Waals surface area contributed by atoms with E-state index < -0.39 is 17.6 Å². The number of aliphatic carboxylic acids is 1. The topological polar surface area (TPSA) is 55.8 Å². The van der Waals surface area contributed by atoms with Crippen molar-refractivity contribution in [2.45, 2.75) is 0 Å². The van der Waals surface area contributed by atoms with E-state index in [0.29, 0.717) is 0 Å². The van der Waals surface area contributed by atoms with Gasteiger partial charge in [0.25, 0.3) is 0 Å². The van der Waals surface area contributed by atoms with Crippen LogP contribution < -0.4 is 0 Å². The first-order valence-electron chi connectivity index (χ1n) is 2.54. The minimum atomic E-state index is -1.40. The van der Waals surface area contributed by atoms with Crippen LogP contribution in [0.2, 0.25) is 0 Å². The lowest BCUT2D eigenvalue weighted by Crippen LogP contribution is -2.17. The van der Waals surface area contributed by atoms with Gasteiger partial charge < -0.3 is 14.6 Å². The minimum Gasteiger partial charge on any atom is -0.475 e. The third-order valence-electron chi connectivity index (χ3n) is 0.956. The van der Waals surface area contributed by atoms with Gasteiger partial charge in [0.05, 0.1) is 0 Å². The molecule has 1 rings (SSSR count). The van der Waals surface area contributed by atoms with Crippen molar-refractivity contribution in [3.63, 3.8) is 0 Å². The maximum Gasteiger partial charge on any atom is 0.374 e. The molecule has 0 amide bonds. The smallest absolute Gasteiger partial charge is 0.374 e. The highest BCUT2D eigenvalue weighted by molar-refractivity contribution is 5.84. The Bertz CT molecular complexity index is 186. The van der Waals surface area contributed by atoms with Crippen molar-refractivity contribution in [1.82, 2.24) is 0 Å². The predicted molar refractivity (Wildman–Crippen MR) is 27.7 cm³/mol.